The van der Waals surface area contributed by atoms with Crippen molar-refractivity contribution in [3.05, 3.63) is 56.2 Å². The Morgan fingerprint density at radius 3 is 2.63 bits per heavy atom. The van der Waals surface area contributed by atoms with Gasteiger partial charge in [0.1, 0.15) is 11.6 Å². The smallest absolute Gasteiger partial charge is 0.129 e. The van der Waals surface area contributed by atoms with E-state index in [2.05, 4.69) is 21.2 Å². The summed E-state index contributed by atoms with van der Waals surface area (Å²) < 4.78 is 27.6. The monoisotopic (exact) mass is 345 g/mol. The van der Waals surface area contributed by atoms with Crippen molar-refractivity contribution in [2.45, 2.75) is 18.9 Å². The van der Waals surface area contributed by atoms with Gasteiger partial charge >= 0.3 is 0 Å². The summed E-state index contributed by atoms with van der Waals surface area (Å²) in [5, 5.41) is 5.20. The Morgan fingerprint density at radius 2 is 2.05 bits per heavy atom. The van der Waals surface area contributed by atoms with E-state index in [1.807, 2.05) is 18.5 Å². The Bertz CT molecular complexity index is 556. The van der Waals surface area contributed by atoms with Crippen LogP contribution in [0.1, 0.15) is 10.4 Å². The normalized spacial score (nSPS) is 12.6. The first-order valence-electron chi connectivity index (χ1n) is 5.93. The van der Waals surface area contributed by atoms with Gasteiger partial charge in [0.05, 0.1) is 0 Å². The SMILES string of the molecule is CNC(Cc1ccc(F)cc1F)Cc1sccc1Br. The van der Waals surface area contributed by atoms with Crippen molar-refractivity contribution < 1.29 is 8.78 Å². The van der Waals surface area contributed by atoms with Gasteiger partial charge in [-0.05, 0) is 58.9 Å². The van der Waals surface area contributed by atoms with E-state index in [1.165, 1.54) is 17.0 Å². The van der Waals surface area contributed by atoms with Crippen molar-refractivity contribution in [3.8, 4) is 0 Å². The lowest BCUT2D eigenvalue weighted by Gasteiger charge is -2.16. The summed E-state index contributed by atoms with van der Waals surface area (Å²) in [6.07, 6.45) is 1.35. The van der Waals surface area contributed by atoms with Crippen LogP contribution in [0.5, 0.6) is 0 Å². The quantitative estimate of drug-likeness (QED) is 0.857. The van der Waals surface area contributed by atoms with Crippen molar-refractivity contribution in [1.29, 1.82) is 0 Å². The molecular weight excluding hydrogens is 332 g/mol. The minimum Gasteiger partial charge on any atom is -0.316 e. The van der Waals surface area contributed by atoms with Crippen molar-refractivity contribution in [2.24, 2.45) is 0 Å². The number of thiophene rings is 1. The molecule has 0 radical (unpaired) electrons. The van der Waals surface area contributed by atoms with Crippen molar-refractivity contribution in [3.63, 3.8) is 0 Å². The van der Waals surface area contributed by atoms with E-state index < -0.39 is 11.6 Å². The van der Waals surface area contributed by atoms with Gasteiger partial charge in [0.2, 0.25) is 0 Å². The number of hydrogen-bond acceptors (Lipinski definition) is 2. The second-order valence-corrected chi connectivity index (χ2v) is 6.18. The van der Waals surface area contributed by atoms with Crippen molar-refractivity contribution >= 4 is 27.3 Å². The predicted molar refractivity (Wildman–Crippen MR) is 78.6 cm³/mol. The standard InChI is InChI=1S/C14H14BrF2NS/c1-18-11(8-14-12(15)4-5-19-14)6-9-2-3-10(16)7-13(9)17/h2-5,7,11,18H,6,8H2,1H3. The second kappa shape index (κ2) is 6.59. The van der Waals surface area contributed by atoms with Crippen LogP contribution in [0, 0.1) is 11.6 Å². The molecule has 2 rings (SSSR count). The summed E-state index contributed by atoms with van der Waals surface area (Å²) in [4.78, 5) is 1.22. The Kier molecular flexibility index (Phi) is 5.07. The number of hydrogen-bond donors (Lipinski definition) is 1. The van der Waals surface area contributed by atoms with Gasteiger partial charge in [-0.15, -0.1) is 11.3 Å². The van der Waals surface area contributed by atoms with Crippen LogP contribution in [-0.4, -0.2) is 13.1 Å². The van der Waals surface area contributed by atoms with Crippen LogP contribution in [0.2, 0.25) is 0 Å². The fourth-order valence-corrected chi connectivity index (χ4v) is 3.52. The first kappa shape index (κ1) is 14.6. The predicted octanol–water partition coefficient (Wildman–Crippen LogP) is 4.16. The molecule has 0 aliphatic heterocycles. The zero-order valence-corrected chi connectivity index (χ0v) is 12.8. The first-order valence-corrected chi connectivity index (χ1v) is 7.60. The van der Waals surface area contributed by atoms with E-state index in [-0.39, 0.29) is 6.04 Å². The molecule has 0 amide bonds. The second-order valence-electron chi connectivity index (χ2n) is 4.32. The van der Waals surface area contributed by atoms with E-state index in [9.17, 15) is 8.78 Å². The van der Waals surface area contributed by atoms with Gasteiger partial charge < -0.3 is 5.32 Å². The molecular formula is C14H14BrF2NS. The van der Waals surface area contributed by atoms with E-state index in [0.717, 1.165) is 17.0 Å². The van der Waals surface area contributed by atoms with Gasteiger partial charge in [-0.3, -0.25) is 0 Å². The highest BCUT2D eigenvalue weighted by Gasteiger charge is 2.14. The van der Waals surface area contributed by atoms with Gasteiger partial charge in [0.15, 0.2) is 0 Å². The average molecular weight is 346 g/mol. The summed E-state index contributed by atoms with van der Waals surface area (Å²) in [5.41, 5.74) is 0.536. The van der Waals surface area contributed by atoms with Crippen molar-refractivity contribution in [1.82, 2.24) is 5.32 Å². The van der Waals surface area contributed by atoms with Crippen LogP contribution >= 0.6 is 27.3 Å². The van der Waals surface area contributed by atoms with E-state index >= 15 is 0 Å². The summed E-state index contributed by atoms with van der Waals surface area (Å²) in [5.74, 6) is -1.02. The largest absolute Gasteiger partial charge is 0.316 e. The third-order valence-corrected chi connectivity index (χ3v) is 4.96. The lowest BCUT2D eigenvalue weighted by atomic mass is 10.0. The van der Waals surface area contributed by atoms with Crippen LogP contribution in [-0.2, 0) is 12.8 Å². The Morgan fingerprint density at radius 1 is 1.26 bits per heavy atom. The molecule has 19 heavy (non-hydrogen) atoms. The van der Waals surface area contributed by atoms with Crippen LogP contribution in [0.25, 0.3) is 0 Å². The molecule has 1 aromatic heterocycles. The molecule has 102 valence electrons. The molecule has 0 aliphatic carbocycles. The molecule has 2 aromatic rings. The van der Waals surface area contributed by atoms with Crippen molar-refractivity contribution in [2.75, 3.05) is 7.05 Å². The molecule has 1 heterocycles. The molecule has 1 unspecified atom stereocenters. The van der Waals surface area contributed by atoms with Gasteiger partial charge in [0.25, 0.3) is 0 Å². The number of likely N-dealkylation sites (N-methyl/N-ethyl adjacent to an activating group) is 1. The Labute approximate surface area is 123 Å². The molecule has 1 aromatic carbocycles. The lowest BCUT2D eigenvalue weighted by Crippen LogP contribution is -2.30. The zero-order valence-electron chi connectivity index (χ0n) is 10.4. The molecule has 0 saturated carbocycles. The fraction of sp³-hybridized carbons (Fsp3) is 0.286. The van der Waals surface area contributed by atoms with Crippen LogP contribution < -0.4 is 5.32 Å². The van der Waals surface area contributed by atoms with Gasteiger partial charge in [0, 0.05) is 21.5 Å². The lowest BCUT2D eigenvalue weighted by molar-refractivity contribution is 0.526. The fourth-order valence-electron chi connectivity index (χ4n) is 1.92. The van der Waals surface area contributed by atoms with Crippen LogP contribution in [0.4, 0.5) is 8.78 Å². The zero-order chi connectivity index (χ0) is 13.8. The van der Waals surface area contributed by atoms with Crippen LogP contribution in [0.15, 0.2) is 34.1 Å². The summed E-state index contributed by atoms with van der Waals surface area (Å²) >= 11 is 5.16. The molecule has 1 atom stereocenters. The highest BCUT2D eigenvalue weighted by atomic mass is 79.9. The maximum absolute atomic E-state index is 13.6. The number of halogens is 3. The minimum atomic E-state index is -0.539. The third kappa shape index (κ3) is 3.84. The summed E-state index contributed by atoms with van der Waals surface area (Å²) in [6.45, 7) is 0. The molecule has 0 bridgehead atoms. The first-order chi connectivity index (χ1) is 9.10. The maximum Gasteiger partial charge on any atom is 0.129 e. The maximum atomic E-state index is 13.6. The summed E-state index contributed by atoms with van der Waals surface area (Å²) in [7, 11) is 1.85. The highest BCUT2D eigenvalue weighted by Crippen LogP contribution is 2.25. The van der Waals surface area contributed by atoms with E-state index in [1.54, 1.807) is 11.3 Å². The molecule has 0 fully saturated rings. The van der Waals surface area contributed by atoms with Crippen LogP contribution in [0.3, 0.4) is 0 Å². The number of nitrogens with one attached hydrogen (secondary N) is 1. The molecule has 1 N–H and O–H groups in total. The topological polar surface area (TPSA) is 12.0 Å². The van der Waals surface area contributed by atoms with Gasteiger partial charge in [-0.25, -0.2) is 8.78 Å². The Hall–Kier alpha value is -0.780. The average Bonchev–Trinajstić information content (AvgIpc) is 2.77. The number of rotatable bonds is 5. The molecule has 1 nitrogen and oxygen atoms in total. The molecule has 0 spiro atoms. The molecule has 0 saturated heterocycles. The highest BCUT2D eigenvalue weighted by molar-refractivity contribution is 9.10. The van der Waals surface area contributed by atoms with E-state index in [0.29, 0.717) is 12.0 Å². The minimum absolute atomic E-state index is 0.120. The Balaban J connectivity index is 2.09. The molecule has 5 heteroatoms. The third-order valence-electron chi connectivity index (χ3n) is 3.01. The summed E-state index contributed by atoms with van der Waals surface area (Å²) in [6, 6.07) is 5.87. The van der Waals surface area contributed by atoms with E-state index in [4.69, 9.17) is 0 Å². The molecule has 0 aliphatic rings. The number of benzene rings is 1. The van der Waals surface area contributed by atoms with Gasteiger partial charge in [-0.1, -0.05) is 6.07 Å². The van der Waals surface area contributed by atoms with Gasteiger partial charge in [-0.2, -0.15) is 0 Å².